The van der Waals surface area contributed by atoms with Crippen molar-refractivity contribution in [2.45, 2.75) is 71.4 Å². The van der Waals surface area contributed by atoms with Gasteiger partial charge >= 0.3 is 7.12 Å². The van der Waals surface area contributed by atoms with Crippen LogP contribution < -0.4 is 0 Å². The zero-order valence-electron chi connectivity index (χ0n) is 15.1. The van der Waals surface area contributed by atoms with E-state index in [4.69, 9.17) is 9.31 Å². The maximum Gasteiger partial charge on any atom is 0.473 e. The lowest BCUT2D eigenvalue weighted by Gasteiger charge is -2.36. The Labute approximate surface area is 136 Å². The van der Waals surface area contributed by atoms with Gasteiger partial charge in [0.25, 0.3) is 0 Å². The fourth-order valence-electron chi connectivity index (χ4n) is 3.24. The largest absolute Gasteiger partial charge is 0.473 e. The van der Waals surface area contributed by atoms with Gasteiger partial charge in [-0.1, -0.05) is 48.9 Å². The summed E-state index contributed by atoms with van der Waals surface area (Å²) in [5.74, 6) is 0. The molecule has 1 aliphatic heterocycles. The summed E-state index contributed by atoms with van der Waals surface area (Å²) in [5.41, 5.74) is 1.91. The minimum atomic E-state index is -0.319. The van der Waals surface area contributed by atoms with Gasteiger partial charge < -0.3 is 9.31 Å². The van der Waals surface area contributed by atoms with Gasteiger partial charge in [0.15, 0.2) is 0 Å². The number of hydrogen-bond donors (Lipinski definition) is 0. The van der Waals surface area contributed by atoms with Gasteiger partial charge in [-0.2, -0.15) is 0 Å². The third-order valence-corrected chi connectivity index (χ3v) is 5.64. The van der Waals surface area contributed by atoms with Crippen LogP contribution in [0.3, 0.4) is 0 Å². The second kappa shape index (κ2) is 5.86. The highest BCUT2D eigenvalue weighted by atomic mass is 16.7. The van der Waals surface area contributed by atoms with E-state index in [2.05, 4.69) is 84.9 Å². The first-order valence-electron chi connectivity index (χ1n) is 8.26. The van der Waals surface area contributed by atoms with Crippen LogP contribution in [-0.2, 0) is 14.6 Å². The zero-order chi connectivity index (χ0) is 16.6. The predicted molar refractivity (Wildman–Crippen MR) is 93.9 cm³/mol. The van der Waals surface area contributed by atoms with Crippen molar-refractivity contribution in [1.29, 1.82) is 0 Å². The van der Waals surface area contributed by atoms with E-state index in [0.29, 0.717) is 0 Å². The van der Waals surface area contributed by atoms with Crippen molar-refractivity contribution in [2.24, 2.45) is 0 Å². The first-order chi connectivity index (χ1) is 10.2. The van der Waals surface area contributed by atoms with Crippen molar-refractivity contribution in [3.05, 3.63) is 47.5 Å². The second-order valence-corrected chi connectivity index (χ2v) is 7.25. The van der Waals surface area contributed by atoms with Gasteiger partial charge in [-0.3, -0.25) is 0 Å². The van der Waals surface area contributed by atoms with Crippen LogP contribution in [-0.4, -0.2) is 18.3 Å². The van der Waals surface area contributed by atoms with Crippen LogP contribution >= 0.6 is 0 Å². The second-order valence-electron chi connectivity index (χ2n) is 7.25. The molecule has 0 N–H and O–H groups in total. The smallest absolute Gasteiger partial charge is 0.402 e. The van der Waals surface area contributed by atoms with Crippen LogP contribution in [0.4, 0.5) is 0 Å². The molecule has 2 rings (SSSR count). The summed E-state index contributed by atoms with van der Waals surface area (Å²) in [6.45, 7) is 14.9. The number of allylic oxidation sites excluding steroid dienone is 2. The zero-order valence-corrected chi connectivity index (χ0v) is 15.1. The van der Waals surface area contributed by atoms with Crippen LogP contribution in [0.15, 0.2) is 42.0 Å². The van der Waals surface area contributed by atoms with Crippen molar-refractivity contribution < 1.29 is 9.31 Å². The molecule has 3 heteroatoms. The molecule has 2 nitrogen and oxygen atoms in total. The molecule has 1 fully saturated rings. The van der Waals surface area contributed by atoms with Crippen LogP contribution in [0.1, 0.15) is 60.5 Å². The molecule has 1 aliphatic rings. The lowest BCUT2D eigenvalue weighted by Crippen LogP contribution is -2.46. The minimum absolute atomic E-state index is 0.249. The van der Waals surface area contributed by atoms with Crippen molar-refractivity contribution >= 4 is 7.12 Å². The topological polar surface area (TPSA) is 18.5 Å². The van der Waals surface area contributed by atoms with E-state index in [1.54, 1.807) is 0 Å². The molecule has 120 valence electrons. The van der Waals surface area contributed by atoms with E-state index in [-0.39, 0.29) is 23.6 Å². The molecule has 0 spiro atoms. The van der Waals surface area contributed by atoms with E-state index in [0.717, 1.165) is 6.42 Å². The van der Waals surface area contributed by atoms with Crippen molar-refractivity contribution in [3.8, 4) is 0 Å². The molecule has 1 aromatic carbocycles. The third-order valence-electron chi connectivity index (χ3n) is 5.64. The van der Waals surface area contributed by atoms with Gasteiger partial charge in [-0.05, 0) is 53.5 Å². The quantitative estimate of drug-likeness (QED) is 0.579. The van der Waals surface area contributed by atoms with Crippen molar-refractivity contribution in [3.63, 3.8) is 0 Å². The van der Waals surface area contributed by atoms with E-state index in [1.165, 1.54) is 11.1 Å². The van der Waals surface area contributed by atoms with Gasteiger partial charge in [0.1, 0.15) is 0 Å². The fraction of sp³-hybridized carbons (Fsp3) is 0.579. The highest BCUT2D eigenvalue weighted by Gasteiger charge is 2.59. The van der Waals surface area contributed by atoms with Gasteiger partial charge in [0, 0.05) is 0 Å². The van der Waals surface area contributed by atoms with Crippen LogP contribution in [0.2, 0.25) is 0 Å². The number of rotatable bonds is 4. The van der Waals surface area contributed by atoms with Gasteiger partial charge in [0.2, 0.25) is 0 Å². The Balaban J connectivity index is 2.57. The molecule has 0 bridgehead atoms. The molecule has 1 saturated heterocycles. The number of benzene rings is 1. The van der Waals surface area contributed by atoms with Gasteiger partial charge in [-0.25, -0.2) is 0 Å². The lowest BCUT2D eigenvalue weighted by atomic mass is 9.49. The highest BCUT2D eigenvalue weighted by molar-refractivity contribution is 6.51. The summed E-state index contributed by atoms with van der Waals surface area (Å²) in [7, 11) is -0.277. The minimum Gasteiger partial charge on any atom is -0.402 e. The normalized spacial score (nSPS) is 23.4. The first-order valence-corrected chi connectivity index (χ1v) is 8.26. The van der Waals surface area contributed by atoms with E-state index in [9.17, 15) is 0 Å². The summed E-state index contributed by atoms with van der Waals surface area (Å²) in [5, 5.41) is -0.249. The SMILES string of the molecule is C/C=C(\C)[C@@](CC)(B1OC(C)(C)C(C)(C)O1)c1ccccc1. The molecule has 0 aliphatic carbocycles. The van der Waals surface area contributed by atoms with E-state index >= 15 is 0 Å². The molecular formula is C19H29BO2. The Morgan fingerprint density at radius 3 is 2.00 bits per heavy atom. The summed E-state index contributed by atoms with van der Waals surface area (Å²) in [6, 6.07) is 10.6. The van der Waals surface area contributed by atoms with Crippen molar-refractivity contribution in [1.82, 2.24) is 0 Å². The van der Waals surface area contributed by atoms with E-state index < -0.39 is 0 Å². The first kappa shape index (κ1) is 17.3. The summed E-state index contributed by atoms with van der Waals surface area (Å²) in [4.78, 5) is 0. The molecule has 0 radical (unpaired) electrons. The highest BCUT2D eigenvalue weighted by Crippen LogP contribution is 2.47. The van der Waals surface area contributed by atoms with E-state index in [1.807, 2.05) is 0 Å². The molecule has 0 saturated carbocycles. The van der Waals surface area contributed by atoms with Gasteiger partial charge in [-0.15, -0.1) is 0 Å². The fourth-order valence-corrected chi connectivity index (χ4v) is 3.24. The third kappa shape index (κ3) is 2.55. The molecular weight excluding hydrogens is 271 g/mol. The standard InChI is InChI=1S/C19H29BO2/c1-8-15(3)19(9-2,16-13-11-10-12-14-16)20-21-17(4,5)18(6,7)22-20/h8,10-14H,9H2,1-7H3/b15-8+/t19-/m1/s1. The monoisotopic (exact) mass is 300 g/mol. The van der Waals surface area contributed by atoms with Gasteiger partial charge in [0.05, 0.1) is 16.5 Å². The summed E-state index contributed by atoms with van der Waals surface area (Å²) < 4.78 is 12.9. The Kier molecular flexibility index (Phi) is 4.61. The molecule has 22 heavy (non-hydrogen) atoms. The summed E-state index contributed by atoms with van der Waals surface area (Å²) in [6.07, 6.45) is 3.12. The molecule has 0 amide bonds. The molecule has 1 aromatic rings. The molecule has 1 heterocycles. The Morgan fingerprint density at radius 1 is 1.09 bits per heavy atom. The molecule has 0 unspecified atom stereocenters. The maximum atomic E-state index is 6.43. The average Bonchev–Trinajstić information content (AvgIpc) is 2.69. The molecule has 0 aromatic heterocycles. The Bertz CT molecular complexity index is 532. The maximum absolute atomic E-state index is 6.43. The Hall–Kier alpha value is -1.06. The average molecular weight is 300 g/mol. The lowest BCUT2D eigenvalue weighted by molar-refractivity contribution is 0.00578. The van der Waals surface area contributed by atoms with Crippen LogP contribution in [0.5, 0.6) is 0 Å². The molecule has 1 atom stereocenters. The number of hydrogen-bond acceptors (Lipinski definition) is 2. The predicted octanol–water partition coefficient (Wildman–Crippen LogP) is 4.93. The van der Waals surface area contributed by atoms with Crippen LogP contribution in [0, 0.1) is 0 Å². The summed E-state index contributed by atoms with van der Waals surface area (Å²) >= 11 is 0. The van der Waals surface area contributed by atoms with Crippen molar-refractivity contribution in [2.75, 3.05) is 0 Å². The Morgan fingerprint density at radius 2 is 1.59 bits per heavy atom. The van der Waals surface area contributed by atoms with Crippen LogP contribution in [0.25, 0.3) is 0 Å².